The number of hydrogen-bond acceptors (Lipinski definition) is 3. The Morgan fingerprint density at radius 2 is 2.26 bits per heavy atom. The van der Waals surface area contributed by atoms with Gasteiger partial charge in [-0.25, -0.2) is 4.39 Å². The molecule has 0 aromatic heterocycles. The summed E-state index contributed by atoms with van der Waals surface area (Å²) in [6, 6.07) is 5.92. The fourth-order valence-corrected chi connectivity index (χ4v) is 3.65. The Morgan fingerprint density at radius 3 is 2.95 bits per heavy atom. The first-order chi connectivity index (χ1) is 9.20. The van der Waals surface area contributed by atoms with Crippen LogP contribution in [0.1, 0.15) is 25.3 Å². The van der Waals surface area contributed by atoms with Crippen LogP contribution in [0.15, 0.2) is 18.2 Å². The first-order valence-electron chi connectivity index (χ1n) is 7.01. The molecular formula is C15H23FN2S. The van der Waals surface area contributed by atoms with Gasteiger partial charge in [0.2, 0.25) is 0 Å². The highest BCUT2D eigenvalue weighted by Gasteiger charge is 2.20. The van der Waals surface area contributed by atoms with Crippen molar-refractivity contribution in [2.24, 2.45) is 0 Å². The van der Waals surface area contributed by atoms with Gasteiger partial charge in [0.25, 0.3) is 0 Å². The molecule has 0 aliphatic carbocycles. The Balaban J connectivity index is 2.06. The molecule has 19 heavy (non-hydrogen) atoms. The summed E-state index contributed by atoms with van der Waals surface area (Å²) in [5, 5.41) is 3.32. The van der Waals surface area contributed by atoms with Gasteiger partial charge in [0.15, 0.2) is 0 Å². The van der Waals surface area contributed by atoms with Crippen molar-refractivity contribution in [3.8, 4) is 0 Å². The third kappa shape index (κ3) is 4.11. The molecule has 2 rings (SSSR count). The third-order valence-electron chi connectivity index (χ3n) is 3.56. The van der Waals surface area contributed by atoms with E-state index in [4.69, 9.17) is 0 Å². The molecule has 1 heterocycles. The SMILES string of the molecule is CCCNCc1cc(F)cc(N(C)C2CCSC2)c1. The Labute approximate surface area is 119 Å². The van der Waals surface area contributed by atoms with E-state index < -0.39 is 0 Å². The predicted molar refractivity (Wildman–Crippen MR) is 82.5 cm³/mol. The van der Waals surface area contributed by atoms with Gasteiger partial charge in [-0.15, -0.1) is 0 Å². The largest absolute Gasteiger partial charge is 0.371 e. The molecule has 1 fully saturated rings. The second-order valence-corrected chi connectivity index (χ2v) is 6.27. The van der Waals surface area contributed by atoms with Crippen LogP contribution < -0.4 is 10.2 Å². The second kappa shape index (κ2) is 7.15. The number of rotatable bonds is 6. The van der Waals surface area contributed by atoms with E-state index in [1.54, 1.807) is 12.1 Å². The maximum Gasteiger partial charge on any atom is 0.125 e. The van der Waals surface area contributed by atoms with Crippen LogP contribution >= 0.6 is 11.8 Å². The smallest absolute Gasteiger partial charge is 0.125 e. The van der Waals surface area contributed by atoms with Gasteiger partial charge >= 0.3 is 0 Å². The molecule has 1 aromatic rings. The molecule has 0 radical (unpaired) electrons. The number of nitrogens with one attached hydrogen (secondary N) is 1. The lowest BCUT2D eigenvalue weighted by Gasteiger charge is -2.26. The van der Waals surface area contributed by atoms with Crippen molar-refractivity contribution in [2.75, 3.05) is 30.0 Å². The highest BCUT2D eigenvalue weighted by Crippen LogP contribution is 2.27. The zero-order valence-corrected chi connectivity index (χ0v) is 12.6. The molecule has 1 saturated heterocycles. The van der Waals surface area contributed by atoms with Crippen molar-refractivity contribution in [1.29, 1.82) is 0 Å². The number of anilines is 1. The molecule has 1 aliphatic heterocycles. The summed E-state index contributed by atoms with van der Waals surface area (Å²) in [7, 11) is 2.08. The lowest BCUT2D eigenvalue weighted by molar-refractivity contribution is 0.615. The normalized spacial score (nSPS) is 18.8. The maximum absolute atomic E-state index is 13.7. The maximum atomic E-state index is 13.7. The molecule has 0 saturated carbocycles. The van der Waals surface area contributed by atoms with Crippen molar-refractivity contribution >= 4 is 17.4 Å². The minimum Gasteiger partial charge on any atom is -0.371 e. The standard InChI is InChI=1S/C15H23FN2S/c1-3-5-17-10-12-7-13(16)9-15(8-12)18(2)14-4-6-19-11-14/h7-9,14,17H,3-6,10-11H2,1-2H3. The second-order valence-electron chi connectivity index (χ2n) is 5.12. The molecule has 2 nitrogen and oxygen atoms in total. The molecule has 1 atom stereocenters. The van der Waals surface area contributed by atoms with E-state index >= 15 is 0 Å². The van der Waals surface area contributed by atoms with Gasteiger partial charge in [0.05, 0.1) is 0 Å². The van der Waals surface area contributed by atoms with Crippen LogP contribution in [-0.4, -0.2) is 31.1 Å². The monoisotopic (exact) mass is 282 g/mol. The summed E-state index contributed by atoms with van der Waals surface area (Å²) < 4.78 is 13.7. The van der Waals surface area contributed by atoms with E-state index in [1.807, 2.05) is 11.8 Å². The van der Waals surface area contributed by atoms with Crippen LogP contribution in [0.25, 0.3) is 0 Å². The van der Waals surface area contributed by atoms with Gasteiger partial charge in [-0.05, 0) is 48.9 Å². The average molecular weight is 282 g/mol. The van der Waals surface area contributed by atoms with Crippen molar-refractivity contribution < 1.29 is 4.39 Å². The van der Waals surface area contributed by atoms with E-state index in [0.29, 0.717) is 6.04 Å². The summed E-state index contributed by atoms with van der Waals surface area (Å²) in [4.78, 5) is 2.23. The van der Waals surface area contributed by atoms with Gasteiger partial charge in [-0.2, -0.15) is 11.8 Å². The summed E-state index contributed by atoms with van der Waals surface area (Å²) >= 11 is 1.98. The van der Waals surface area contributed by atoms with Crippen LogP contribution in [0, 0.1) is 5.82 Å². The minimum absolute atomic E-state index is 0.136. The van der Waals surface area contributed by atoms with Crippen LogP contribution in [0.3, 0.4) is 0 Å². The van der Waals surface area contributed by atoms with E-state index in [2.05, 4.69) is 30.3 Å². The number of nitrogens with zero attached hydrogens (tertiary/aromatic N) is 1. The van der Waals surface area contributed by atoms with Gasteiger partial charge < -0.3 is 10.2 Å². The zero-order chi connectivity index (χ0) is 13.7. The van der Waals surface area contributed by atoms with Gasteiger partial charge in [0.1, 0.15) is 5.82 Å². The molecule has 0 spiro atoms. The summed E-state index contributed by atoms with van der Waals surface area (Å²) in [6.07, 6.45) is 2.29. The molecule has 106 valence electrons. The third-order valence-corrected chi connectivity index (χ3v) is 4.70. The minimum atomic E-state index is -0.136. The lowest BCUT2D eigenvalue weighted by atomic mass is 10.1. The fourth-order valence-electron chi connectivity index (χ4n) is 2.39. The zero-order valence-electron chi connectivity index (χ0n) is 11.8. The number of thioether (sulfide) groups is 1. The quantitative estimate of drug-likeness (QED) is 0.806. The lowest BCUT2D eigenvalue weighted by Crippen LogP contribution is -2.31. The molecule has 4 heteroatoms. The fraction of sp³-hybridized carbons (Fsp3) is 0.600. The van der Waals surface area contributed by atoms with E-state index in [1.165, 1.54) is 12.2 Å². The molecular weight excluding hydrogens is 259 g/mol. The van der Waals surface area contributed by atoms with Gasteiger partial charge in [-0.1, -0.05) is 6.92 Å². The molecule has 0 amide bonds. The van der Waals surface area contributed by atoms with Crippen LogP contribution in [0.5, 0.6) is 0 Å². The number of hydrogen-bond donors (Lipinski definition) is 1. The molecule has 1 unspecified atom stereocenters. The van der Waals surface area contributed by atoms with Crippen molar-refractivity contribution in [2.45, 2.75) is 32.4 Å². The highest BCUT2D eigenvalue weighted by molar-refractivity contribution is 7.99. The summed E-state index contributed by atoms with van der Waals surface area (Å²) in [5.41, 5.74) is 2.03. The molecule has 1 aliphatic rings. The Morgan fingerprint density at radius 1 is 1.42 bits per heavy atom. The van der Waals surface area contributed by atoms with Crippen molar-refractivity contribution in [3.63, 3.8) is 0 Å². The Bertz CT molecular complexity index is 405. The molecule has 1 N–H and O–H groups in total. The summed E-state index contributed by atoms with van der Waals surface area (Å²) in [5.74, 6) is 2.23. The van der Waals surface area contributed by atoms with Crippen molar-refractivity contribution in [3.05, 3.63) is 29.6 Å². The van der Waals surface area contributed by atoms with Crippen LogP contribution in [0.2, 0.25) is 0 Å². The Kier molecular flexibility index (Phi) is 5.52. The van der Waals surface area contributed by atoms with Crippen molar-refractivity contribution in [1.82, 2.24) is 5.32 Å². The first kappa shape index (κ1) is 14.7. The van der Waals surface area contributed by atoms with E-state index in [-0.39, 0.29) is 5.82 Å². The number of benzene rings is 1. The van der Waals surface area contributed by atoms with E-state index in [0.717, 1.165) is 36.5 Å². The molecule has 0 bridgehead atoms. The van der Waals surface area contributed by atoms with Gasteiger partial charge in [-0.3, -0.25) is 0 Å². The molecule has 1 aromatic carbocycles. The number of halogens is 1. The van der Waals surface area contributed by atoms with Crippen LogP contribution in [-0.2, 0) is 6.54 Å². The van der Waals surface area contributed by atoms with E-state index in [9.17, 15) is 4.39 Å². The first-order valence-corrected chi connectivity index (χ1v) is 8.17. The summed E-state index contributed by atoms with van der Waals surface area (Å²) in [6.45, 7) is 3.85. The predicted octanol–water partition coefficient (Wildman–Crippen LogP) is 3.27. The Hall–Kier alpha value is -0.740. The van der Waals surface area contributed by atoms with Gasteiger partial charge in [0, 0.05) is 31.1 Å². The van der Waals surface area contributed by atoms with Crippen LogP contribution in [0.4, 0.5) is 10.1 Å². The average Bonchev–Trinajstić information content (AvgIpc) is 2.91. The topological polar surface area (TPSA) is 15.3 Å². The highest BCUT2D eigenvalue weighted by atomic mass is 32.2.